The number of hydrogen-bond donors (Lipinski definition) is 0. The number of nitrogens with zero attached hydrogens (tertiary/aromatic N) is 1. The summed E-state index contributed by atoms with van der Waals surface area (Å²) in [7, 11) is 0. The summed E-state index contributed by atoms with van der Waals surface area (Å²) in [4.78, 5) is 2.26. The molecule has 7 aromatic rings. The van der Waals surface area contributed by atoms with Crippen LogP contribution < -0.4 is 14.4 Å². The molecular formula is C53H39NO2. The van der Waals surface area contributed by atoms with Crippen LogP contribution in [0.5, 0.6) is 23.0 Å². The molecule has 3 heteroatoms. The van der Waals surface area contributed by atoms with Crippen LogP contribution in [0.25, 0.3) is 39.0 Å². The molecule has 0 unspecified atom stereocenters. The molecule has 7 aromatic carbocycles. The van der Waals surface area contributed by atoms with Gasteiger partial charge in [-0.25, -0.2) is 0 Å². The summed E-state index contributed by atoms with van der Waals surface area (Å²) in [5, 5.41) is 0. The average Bonchev–Trinajstić information content (AvgIpc) is 3.74. The van der Waals surface area contributed by atoms with E-state index in [2.05, 4.69) is 189 Å². The molecule has 0 saturated carbocycles. The van der Waals surface area contributed by atoms with Crippen LogP contribution in [0, 0.1) is 0 Å². The first-order valence-corrected chi connectivity index (χ1v) is 19.6. The zero-order valence-corrected chi connectivity index (χ0v) is 31.4. The van der Waals surface area contributed by atoms with Crippen LogP contribution in [0.15, 0.2) is 187 Å². The lowest BCUT2D eigenvalue weighted by Gasteiger charge is -2.34. The second kappa shape index (κ2) is 12.6. The molecule has 268 valence electrons. The molecule has 56 heavy (non-hydrogen) atoms. The van der Waals surface area contributed by atoms with Crippen molar-refractivity contribution in [3.8, 4) is 56.4 Å². The predicted octanol–water partition coefficient (Wildman–Crippen LogP) is 14.4. The first-order valence-electron chi connectivity index (χ1n) is 19.6. The van der Waals surface area contributed by atoms with Crippen molar-refractivity contribution in [2.24, 2.45) is 0 Å². The van der Waals surface area contributed by atoms with Crippen molar-refractivity contribution < 1.29 is 9.47 Å². The molecule has 0 fully saturated rings. The summed E-state index contributed by atoms with van der Waals surface area (Å²) in [6.45, 7) is 4.22. The maximum absolute atomic E-state index is 7.07. The van der Waals surface area contributed by atoms with Gasteiger partial charge < -0.3 is 14.4 Å². The highest BCUT2D eigenvalue weighted by molar-refractivity contribution is 5.99. The molecule has 0 atom stereocenters. The Kier molecular flexibility index (Phi) is 7.34. The zero-order valence-electron chi connectivity index (χ0n) is 31.4. The minimum absolute atomic E-state index is 0.362. The molecule has 3 nitrogen and oxygen atoms in total. The maximum Gasteiger partial charge on any atom is 0.194 e. The van der Waals surface area contributed by atoms with Gasteiger partial charge in [-0.1, -0.05) is 146 Å². The Labute approximate surface area is 328 Å². The Bertz CT molecular complexity index is 2760. The van der Waals surface area contributed by atoms with Gasteiger partial charge in [-0.2, -0.15) is 0 Å². The highest BCUT2D eigenvalue weighted by Gasteiger charge is 2.54. The topological polar surface area (TPSA) is 21.7 Å². The number of ether oxygens (including phenoxy) is 2. The molecular weight excluding hydrogens is 683 g/mol. The minimum atomic E-state index is -0.362. The first kappa shape index (κ1) is 32.6. The van der Waals surface area contributed by atoms with E-state index in [1.165, 1.54) is 61.2 Å². The standard InChI is InChI=1S/C53H39NO2/c1-3-34(2)54(39-30-28-38(29-31-39)37-26-24-36(25-27-37)35-14-5-4-6-15-35)47-22-13-23-48-51(47)55-49-33-32-46-50(52(49)56-48)42-18-9-12-21-45(42)53(46)43-19-10-7-16-40(43)41-17-8-11-20-44(41)53/h3-11,13-20,22-33H,12,21H2,1-2H3/b34-3+. The highest BCUT2D eigenvalue weighted by Crippen LogP contribution is 2.67. The normalized spacial score (nSPS) is 15.2. The summed E-state index contributed by atoms with van der Waals surface area (Å²) in [5.74, 6) is 2.95. The van der Waals surface area contributed by atoms with Crippen molar-refractivity contribution in [2.45, 2.75) is 32.1 Å². The van der Waals surface area contributed by atoms with E-state index in [4.69, 9.17) is 9.47 Å². The number of hydrogen-bond acceptors (Lipinski definition) is 3. The van der Waals surface area contributed by atoms with Gasteiger partial charge in [-0.15, -0.1) is 0 Å². The van der Waals surface area contributed by atoms with Crippen LogP contribution in [0.1, 0.15) is 48.9 Å². The fourth-order valence-electron chi connectivity index (χ4n) is 9.66. The minimum Gasteiger partial charge on any atom is -0.449 e. The van der Waals surface area contributed by atoms with Gasteiger partial charge in [-0.05, 0) is 118 Å². The van der Waals surface area contributed by atoms with E-state index in [0.717, 1.165) is 47.0 Å². The van der Waals surface area contributed by atoms with Gasteiger partial charge in [-0.3, -0.25) is 0 Å². The van der Waals surface area contributed by atoms with Crippen molar-refractivity contribution in [3.05, 3.63) is 209 Å². The summed E-state index contributed by atoms with van der Waals surface area (Å²) < 4.78 is 14.1. The number of fused-ring (bicyclic) bond motifs is 12. The quantitative estimate of drug-likeness (QED) is 0.177. The number of allylic oxidation sites excluding steroid dienone is 6. The SMILES string of the molecule is C/C=C(\C)N(c1ccc(-c2ccc(-c3ccccc3)cc2)cc1)c1cccc2c1Oc1ccc3c(c1O2)C1=C(CCC=C1)C31c2ccccc2-c2ccccc21. The lowest BCUT2D eigenvalue weighted by atomic mass is 9.68. The van der Waals surface area contributed by atoms with Gasteiger partial charge in [0.05, 0.1) is 11.1 Å². The smallest absolute Gasteiger partial charge is 0.194 e. The van der Waals surface area contributed by atoms with Crippen molar-refractivity contribution >= 4 is 16.9 Å². The van der Waals surface area contributed by atoms with Crippen LogP contribution in [-0.4, -0.2) is 0 Å². The Morgan fingerprint density at radius 3 is 1.84 bits per heavy atom. The van der Waals surface area contributed by atoms with Crippen LogP contribution in [-0.2, 0) is 5.41 Å². The van der Waals surface area contributed by atoms with Gasteiger partial charge in [0.2, 0.25) is 0 Å². The number of rotatable bonds is 5. The number of anilines is 2. The molecule has 0 amide bonds. The molecule has 0 bridgehead atoms. The van der Waals surface area contributed by atoms with Crippen LogP contribution in [0.4, 0.5) is 11.4 Å². The van der Waals surface area contributed by atoms with Crippen molar-refractivity contribution in [1.82, 2.24) is 0 Å². The monoisotopic (exact) mass is 721 g/mol. The van der Waals surface area contributed by atoms with Gasteiger partial charge in [0.25, 0.3) is 0 Å². The van der Waals surface area contributed by atoms with Gasteiger partial charge in [0, 0.05) is 16.9 Å². The Hall–Kier alpha value is -6.84. The third kappa shape index (κ3) is 4.64. The van der Waals surface area contributed by atoms with Crippen molar-refractivity contribution in [1.29, 1.82) is 0 Å². The Morgan fingerprint density at radius 2 is 1.16 bits per heavy atom. The third-order valence-electron chi connectivity index (χ3n) is 12.2. The molecule has 1 spiro atoms. The van der Waals surface area contributed by atoms with Crippen LogP contribution in [0.2, 0.25) is 0 Å². The molecule has 11 rings (SSSR count). The van der Waals surface area contributed by atoms with E-state index < -0.39 is 0 Å². The lowest BCUT2D eigenvalue weighted by molar-refractivity contribution is 0.359. The first-order chi connectivity index (χ1) is 27.6. The fraction of sp³-hybridized carbons (Fsp3) is 0.0943. The maximum atomic E-state index is 7.07. The van der Waals surface area contributed by atoms with Crippen molar-refractivity contribution in [2.75, 3.05) is 4.90 Å². The van der Waals surface area contributed by atoms with E-state index in [9.17, 15) is 0 Å². The predicted molar refractivity (Wildman–Crippen MR) is 229 cm³/mol. The fourth-order valence-corrected chi connectivity index (χ4v) is 9.66. The zero-order chi connectivity index (χ0) is 37.4. The van der Waals surface area contributed by atoms with Gasteiger partial charge in [0.15, 0.2) is 23.0 Å². The largest absolute Gasteiger partial charge is 0.449 e. The van der Waals surface area contributed by atoms with E-state index >= 15 is 0 Å². The van der Waals surface area contributed by atoms with E-state index in [0.29, 0.717) is 11.5 Å². The summed E-state index contributed by atoms with van der Waals surface area (Å²) in [6.07, 6.45) is 8.79. The second-order valence-corrected chi connectivity index (χ2v) is 15.1. The van der Waals surface area contributed by atoms with Crippen LogP contribution in [0.3, 0.4) is 0 Å². The van der Waals surface area contributed by atoms with E-state index in [1.54, 1.807) is 0 Å². The van der Waals surface area contributed by atoms with Gasteiger partial charge in [0.1, 0.15) is 0 Å². The highest BCUT2D eigenvalue weighted by atomic mass is 16.6. The molecule has 1 heterocycles. The lowest BCUT2D eigenvalue weighted by Crippen LogP contribution is -2.27. The average molecular weight is 722 g/mol. The van der Waals surface area contributed by atoms with Crippen LogP contribution >= 0.6 is 0 Å². The summed E-state index contributed by atoms with van der Waals surface area (Å²) >= 11 is 0. The summed E-state index contributed by atoms with van der Waals surface area (Å²) in [6, 6.07) is 56.7. The summed E-state index contributed by atoms with van der Waals surface area (Å²) in [5.41, 5.74) is 18.0. The molecule has 1 aliphatic heterocycles. The second-order valence-electron chi connectivity index (χ2n) is 15.1. The molecule has 0 N–H and O–H groups in total. The van der Waals surface area contributed by atoms with Gasteiger partial charge >= 0.3 is 0 Å². The Balaban J connectivity index is 0.984. The molecule has 3 aliphatic carbocycles. The van der Waals surface area contributed by atoms with Crippen molar-refractivity contribution in [3.63, 3.8) is 0 Å². The molecule has 0 radical (unpaired) electrons. The number of para-hydroxylation sites is 1. The molecule has 0 aromatic heterocycles. The van der Waals surface area contributed by atoms with E-state index in [-0.39, 0.29) is 5.41 Å². The third-order valence-corrected chi connectivity index (χ3v) is 12.2. The Morgan fingerprint density at radius 1 is 0.571 bits per heavy atom. The van der Waals surface area contributed by atoms with E-state index in [1.807, 2.05) is 6.07 Å². The number of benzene rings is 7. The molecule has 0 saturated heterocycles. The molecule has 4 aliphatic rings.